The Kier molecular flexibility index (Phi) is 4.66. The van der Waals surface area contributed by atoms with Gasteiger partial charge >= 0.3 is 5.97 Å². The first kappa shape index (κ1) is 15.9. The van der Waals surface area contributed by atoms with E-state index in [-0.39, 0.29) is 11.9 Å². The van der Waals surface area contributed by atoms with Crippen molar-refractivity contribution in [2.45, 2.75) is 45.3 Å². The summed E-state index contributed by atoms with van der Waals surface area (Å²) in [6.45, 7) is 6.05. The molecule has 0 aliphatic carbocycles. The van der Waals surface area contributed by atoms with Gasteiger partial charge in [-0.15, -0.1) is 0 Å². The SMILES string of the molecule is CC(C)(C)OC(=O)[C@@H]1CCCN1C(=O)c1ccnc(Br)c1. The number of rotatable bonds is 2. The van der Waals surface area contributed by atoms with Crippen LogP contribution in [0.2, 0.25) is 0 Å². The third kappa shape index (κ3) is 4.03. The van der Waals surface area contributed by atoms with Crippen LogP contribution >= 0.6 is 15.9 Å². The molecule has 6 heteroatoms. The molecular weight excluding hydrogens is 336 g/mol. The number of amides is 1. The first-order valence-corrected chi connectivity index (χ1v) is 7.72. The molecule has 1 aromatic rings. The van der Waals surface area contributed by atoms with Gasteiger partial charge in [0.15, 0.2) is 0 Å². The Balaban J connectivity index is 2.15. The fourth-order valence-corrected chi connectivity index (χ4v) is 2.69. The van der Waals surface area contributed by atoms with E-state index in [1.165, 1.54) is 0 Å². The molecule has 0 radical (unpaired) electrons. The number of carbonyl (C=O) groups excluding carboxylic acids is 2. The van der Waals surface area contributed by atoms with Crippen molar-refractivity contribution in [2.24, 2.45) is 0 Å². The van der Waals surface area contributed by atoms with Gasteiger partial charge in [-0.3, -0.25) is 4.79 Å². The first-order valence-electron chi connectivity index (χ1n) is 6.93. The zero-order valence-electron chi connectivity index (χ0n) is 12.4. The maximum atomic E-state index is 12.5. The molecule has 0 bridgehead atoms. The molecule has 1 fully saturated rings. The van der Waals surface area contributed by atoms with E-state index in [9.17, 15) is 9.59 Å². The highest BCUT2D eigenvalue weighted by atomic mass is 79.9. The summed E-state index contributed by atoms with van der Waals surface area (Å²) in [6, 6.07) is 2.81. The summed E-state index contributed by atoms with van der Waals surface area (Å²) in [7, 11) is 0. The van der Waals surface area contributed by atoms with E-state index in [0.29, 0.717) is 23.1 Å². The third-order valence-corrected chi connectivity index (χ3v) is 3.60. The Hall–Kier alpha value is -1.43. The summed E-state index contributed by atoms with van der Waals surface area (Å²) >= 11 is 3.25. The maximum Gasteiger partial charge on any atom is 0.329 e. The summed E-state index contributed by atoms with van der Waals surface area (Å²) in [5.74, 6) is -0.493. The zero-order valence-corrected chi connectivity index (χ0v) is 14.0. The maximum absolute atomic E-state index is 12.5. The molecule has 0 unspecified atom stereocenters. The summed E-state index contributed by atoms with van der Waals surface area (Å²) in [5.41, 5.74) is -0.0269. The minimum Gasteiger partial charge on any atom is -0.458 e. The number of nitrogens with zero attached hydrogens (tertiary/aromatic N) is 2. The summed E-state index contributed by atoms with van der Waals surface area (Å²) in [4.78, 5) is 30.4. The van der Waals surface area contributed by atoms with Crippen molar-refractivity contribution >= 4 is 27.8 Å². The van der Waals surface area contributed by atoms with Gasteiger partial charge in [0.2, 0.25) is 0 Å². The Morgan fingerprint density at radius 1 is 1.43 bits per heavy atom. The van der Waals surface area contributed by atoms with E-state index in [4.69, 9.17) is 4.74 Å². The van der Waals surface area contributed by atoms with Crippen molar-refractivity contribution in [1.82, 2.24) is 9.88 Å². The van der Waals surface area contributed by atoms with Gasteiger partial charge in [-0.1, -0.05) is 0 Å². The molecule has 2 rings (SSSR count). The number of pyridine rings is 1. The van der Waals surface area contributed by atoms with Gasteiger partial charge in [0.25, 0.3) is 5.91 Å². The molecule has 21 heavy (non-hydrogen) atoms. The monoisotopic (exact) mass is 354 g/mol. The minimum absolute atomic E-state index is 0.161. The number of esters is 1. The molecule has 1 amide bonds. The predicted molar refractivity (Wildman–Crippen MR) is 81.8 cm³/mol. The van der Waals surface area contributed by atoms with Crippen molar-refractivity contribution in [3.8, 4) is 0 Å². The van der Waals surface area contributed by atoms with Crippen molar-refractivity contribution < 1.29 is 14.3 Å². The number of likely N-dealkylation sites (tertiary alicyclic amines) is 1. The van der Waals surface area contributed by atoms with E-state index in [1.54, 1.807) is 23.2 Å². The van der Waals surface area contributed by atoms with Crippen molar-refractivity contribution in [3.63, 3.8) is 0 Å². The van der Waals surface area contributed by atoms with E-state index in [2.05, 4.69) is 20.9 Å². The highest BCUT2D eigenvalue weighted by molar-refractivity contribution is 9.10. The average molecular weight is 355 g/mol. The van der Waals surface area contributed by atoms with Gasteiger partial charge < -0.3 is 9.64 Å². The molecule has 1 saturated heterocycles. The molecule has 0 aromatic carbocycles. The minimum atomic E-state index is -0.548. The van der Waals surface area contributed by atoms with Crippen LogP contribution in [-0.4, -0.2) is 39.9 Å². The van der Waals surface area contributed by atoms with Crippen molar-refractivity contribution in [2.75, 3.05) is 6.54 Å². The number of halogens is 1. The molecule has 0 saturated carbocycles. The van der Waals surface area contributed by atoms with E-state index in [1.807, 2.05) is 20.8 Å². The fraction of sp³-hybridized carbons (Fsp3) is 0.533. The smallest absolute Gasteiger partial charge is 0.329 e. The zero-order chi connectivity index (χ0) is 15.6. The molecule has 5 nitrogen and oxygen atoms in total. The molecule has 1 aliphatic rings. The second kappa shape index (κ2) is 6.13. The van der Waals surface area contributed by atoms with Gasteiger partial charge in [-0.05, 0) is 61.7 Å². The van der Waals surface area contributed by atoms with Crippen LogP contribution in [0.3, 0.4) is 0 Å². The molecule has 0 spiro atoms. The number of ether oxygens (including phenoxy) is 1. The van der Waals surface area contributed by atoms with Gasteiger partial charge in [0, 0.05) is 18.3 Å². The van der Waals surface area contributed by atoms with E-state index in [0.717, 1.165) is 6.42 Å². The number of hydrogen-bond donors (Lipinski definition) is 0. The van der Waals surface area contributed by atoms with Crippen molar-refractivity contribution in [3.05, 3.63) is 28.5 Å². The van der Waals surface area contributed by atoms with Crippen molar-refractivity contribution in [1.29, 1.82) is 0 Å². The quantitative estimate of drug-likeness (QED) is 0.605. The predicted octanol–water partition coefficient (Wildman–Crippen LogP) is 2.79. The Labute approximate surface area is 132 Å². The molecule has 0 N–H and O–H groups in total. The fourth-order valence-electron chi connectivity index (χ4n) is 2.33. The number of carbonyl (C=O) groups is 2. The number of aromatic nitrogens is 1. The summed E-state index contributed by atoms with van der Waals surface area (Å²) in [6.07, 6.45) is 3.02. The topological polar surface area (TPSA) is 59.5 Å². The molecule has 1 atom stereocenters. The molecule has 1 aromatic heterocycles. The van der Waals surface area contributed by atoms with E-state index < -0.39 is 11.6 Å². The Bertz CT molecular complexity index is 554. The van der Waals surface area contributed by atoms with Crippen LogP contribution in [0.15, 0.2) is 22.9 Å². The largest absolute Gasteiger partial charge is 0.458 e. The summed E-state index contributed by atoms with van der Waals surface area (Å²) in [5, 5.41) is 0. The standard InChI is InChI=1S/C15H19BrN2O3/c1-15(2,3)21-14(20)11-5-4-8-18(11)13(19)10-6-7-17-12(16)9-10/h6-7,9,11H,4-5,8H2,1-3H3/t11-/m0/s1. The lowest BCUT2D eigenvalue weighted by Crippen LogP contribution is -2.43. The van der Waals surface area contributed by atoms with Gasteiger partial charge in [-0.25, -0.2) is 9.78 Å². The average Bonchev–Trinajstić information content (AvgIpc) is 2.85. The normalized spacial score (nSPS) is 18.7. The van der Waals surface area contributed by atoms with Crippen LogP contribution in [-0.2, 0) is 9.53 Å². The Morgan fingerprint density at radius 3 is 2.76 bits per heavy atom. The Morgan fingerprint density at radius 2 is 2.14 bits per heavy atom. The lowest BCUT2D eigenvalue weighted by Gasteiger charge is -2.27. The molecule has 2 heterocycles. The molecule has 1 aliphatic heterocycles. The number of hydrogen-bond acceptors (Lipinski definition) is 4. The lowest BCUT2D eigenvalue weighted by molar-refractivity contribution is -0.159. The van der Waals surface area contributed by atoms with Crippen LogP contribution < -0.4 is 0 Å². The van der Waals surface area contributed by atoms with Crippen LogP contribution in [0.5, 0.6) is 0 Å². The van der Waals surface area contributed by atoms with Crippen LogP contribution in [0, 0.1) is 0 Å². The molecular formula is C15H19BrN2O3. The second-order valence-electron chi connectivity index (χ2n) is 6.06. The van der Waals surface area contributed by atoms with Gasteiger partial charge in [-0.2, -0.15) is 0 Å². The van der Waals surface area contributed by atoms with Gasteiger partial charge in [0.05, 0.1) is 0 Å². The van der Waals surface area contributed by atoms with Crippen LogP contribution in [0.1, 0.15) is 44.0 Å². The second-order valence-corrected chi connectivity index (χ2v) is 6.87. The van der Waals surface area contributed by atoms with Crippen LogP contribution in [0.4, 0.5) is 0 Å². The first-order chi connectivity index (χ1) is 9.78. The highest BCUT2D eigenvalue weighted by Crippen LogP contribution is 2.23. The third-order valence-electron chi connectivity index (χ3n) is 3.17. The van der Waals surface area contributed by atoms with Gasteiger partial charge in [0.1, 0.15) is 16.2 Å². The summed E-state index contributed by atoms with van der Waals surface area (Å²) < 4.78 is 6.01. The van der Waals surface area contributed by atoms with E-state index >= 15 is 0 Å². The van der Waals surface area contributed by atoms with Crippen LogP contribution in [0.25, 0.3) is 0 Å². The highest BCUT2D eigenvalue weighted by Gasteiger charge is 2.37. The molecule has 114 valence electrons. The lowest BCUT2D eigenvalue weighted by atomic mass is 10.1.